The third-order valence-electron chi connectivity index (χ3n) is 4.03. The van der Waals surface area contributed by atoms with E-state index in [0.717, 1.165) is 18.4 Å². The number of carbonyl (C=O) groups excluding carboxylic acids is 1. The number of rotatable bonds is 0. The SMILES string of the molecule is O=C(C#Cc1ccccc1)N1C2CCC1CC(O)C2. The lowest BCUT2D eigenvalue weighted by Crippen LogP contribution is -2.47. The summed E-state index contributed by atoms with van der Waals surface area (Å²) in [6.45, 7) is 0. The van der Waals surface area contributed by atoms with E-state index in [4.69, 9.17) is 0 Å². The van der Waals surface area contributed by atoms with Crippen LogP contribution in [-0.2, 0) is 4.79 Å². The molecule has 0 spiro atoms. The maximum absolute atomic E-state index is 12.2. The minimum absolute atomic E-state index is 0.0942. The summed E-state index contributed by atoms with van der Waals surface area (Å²) in [5, 5.41) is 9.72. The first-order chi connectivity index (χ1) is 9.24. The normalized spacial score (nSPS) is 28.7. The van der Waals surface area contributed by atoms with E-state index in [1.165, 1.54) is 0 Å². The third kappa shape index (κ3) is 2.50. The van der Waals surface area contributed by atoms with Crippen LogP contribution in [0.3, 0.4) is 0 Å². The molecule has 2 unspecified atom stereocenters. The average Bonchev–Trinajstić information content (AvgIpc) is 2.70. The summed E-state index contributed by atoms with van der Waals surface area (Å²) in [5.74, 6) is 5.56. The summed E-state index contributed by atoms with van der Waals surface area (Å²) >= 11 is 0. The van der Waals surface area contributed by atoms with Gasteiger partial charge in [0.05, 0.1) is 6.10 Å². The Morgan fingerprint density at radius 1 is 1.16 bits per heavy atom. The van der Waals surface area contributed by atoms with E-state index >= 15 is 0 Å². The predicted octanol–water partition coefficient (Wildman–Crippen LogP) is 1.55. The van der Waals surface area contributed by atoms with Gasteiger partial charge in [-0.2, -0.15) is 0 Å². The van der Waals surface area contributed by atoms with Gasteiger partial charge < -0.3 is 10.0 Å². The van der Waals surface area contributed by atoms with E-state index in [-0.39, 0.29) is 24.1 Å². The van der Waals surface area contributed by atoms with Crippen LogP contribution in [0.4, 0.5) is 0 Å². The second kappa shape index (κ2) is 5.07. The molecule has 1 amide bonds. The van der Waals surface area contributed by atoms with Crippen molar-refractivity contribution >= 4 is 5.91 Å². The highest BCUT2D eigenvalue weighted by Gasteiger charge is 2.42. The molecule has 1 aromatic carbocycles. The monoisotopic (exact) mass is 255 g/mol. The van der Waals surface area contributed by atoms with Gasteiger partial charge in [0.15, 0.2) is 0 Å². The number of fused-ring (bicyclic) bond motifs is 2. The summed E-state index contributed by atoms with van der Waals surface area (Å²) in [6.07, 6.45) is 3.16. The fraction of sp³-hybridized carbons (Fsp3) is 0.438. The predicted molar refractivity (Wildman–Crippen MR) is 72.2 cm³/mol. The Bertz CT molecular complexity index is 515. The molecule has 0 radical (unpaired) electrons. The van der Waals surface area contributed by atoms with E-state index in [1.807, 2.05) is 35.2 Å². The van der Waals surface area contributed by atoms with Crippen molar-refractivity contribution < 1.29 is 9.90 Å². The number of hydrogen-bond donors (Lipinski definition) is 1. The lowest BCUT2D eigenvalue weighted by molar-refractivity contribution is -0.131. The first kappa shape index (κ1) is 12.3. The summed E-state index contributed by atoms with van der Waals surface area (Å²) in [7, 11) is 0. The first-order valence-electron chi connectivity index (χ1n) is 6.81. The van der Waals surface area contributed by atoms with Gasteiger partial charge in [-0.15, -0.1) is 0 Å². The zero-order valence-corrected chi connectivity index (χ0v) is 10.7. The molecule has 2 atom stereocenters. The van der Waals surface area contributed by atoms with Gasteiger partial charge in [0, 0.05) is 23.6 Å². The molecular formula is C16H17NO2. The molecule has 1 N–H and O–H groups in total. The maximum atomic E-state index is 12.2. The molecule has 3 rings (SSSR count). The molecule has 2 bridgehead atoms. The minimum atomic E-state index is -0.247. The van der Waals surface area contributed by atoms with E-state index in [2.05, 4.69) is 11.8 Å². The van der Waals surface area contributed by atoms with Crippen LogP contribution in [0, 0.1) is 11.8 Å². The van der Waals surface area contributed by atoms with Crippen LogP contribution < -0.4 is 0 Å². The molecule has 1 aromatic rings. The van der Waals surface area contributed by atoms with Gasteiger partial charge in [-0.1, -0.05) is 24.1 Å². The molecule has 0 aromatic heterocycles. The van der Waals surface area contributed by atoms with E-state index in [0.29, 0.717) is 12.8 Å². The molecule has 2 heterocycles. The number of aliphatic hydroxyl groups is 1. The number of benzene rings is 1. The van der Waals surface area contributed by atoms with Crippen LogP contribution in [0.15, 0.2) is 30.3 Å². The number of nitrogens with zero attached hydrogens (tertiary/aromatic N) is 1. The van der Waals surface area contributed by atoms with Crippen molar-refractivity contribution in [1.82, 2.24) is 4.90 Å². The molecule has 19 heavy (non-hydrogen) atoms. The van der Waals surface area contributed by atoms with Crippen LogP contribution in [0.1, 0.15) is 31.2 Å². The van der Waals surface area contributed by atoms with Gasteiger partial charge in [-0.25, -0.2) is 0 Å². The van der Waals surface area contributed by atoms with Gasteiger partial charge in [0.1, 0.15) is 0 Å². The number of carbonyl (C=O) groups is 1. The average molecular weight is 255 g/mol. The topological polar surface area (TPSA) is 40.5 Å². The largest absolute Gasteiger partial charge is 0.393 e. The minimum Gasteiger partial charge on any atom is -0.393 e. The Balaban J connectivity index is 1.74. The third-order valence-corrected chi connectivity index (χ3v) is 4.03. The zero-order chi connectivity index (χ0) is 13.2. The Kier molecular flexibility index (Phi) is 3.27. The Hall–Kier alpha value is -1.79. The molecule has 0 aliphatic carbocycles. The maximum Gasteiger partial charge on any atom is 0.299 e. The van der Waals surface area contributed by atoms with Crippen LogP contribution >= 0.6 is 0 Å². The van der Waals surface area contributed by atoms with Crippen LogP contribution in [0.2, 0.25) is 0 Å². The lowest BCUT2D eigenvalue weighted by atomic mass is 10.00. The van der Waals surface area contributed by atoms with E-state index in [1.54, 1.807) is 0 Å². The van der Waals surface area contributed by atoms with Crippen molar-refractivity contribution in [3.63, 3.8) is 0 Å². The van der Waals surface area contributed by atoms with E-state index in [9.17, 15) is 9.90 Å². The van der Waals surface area contributed by atoms with Crippen LogP contribution in [0.5, 0.6) is 0 Å². The van der Waals surface area contributed by atoms with Crippen LogP contribution in [-0.4, -0.2) is 34.1 Å². The van der Waals surface area contributed by atoms with Gasteiger partial charge in [0.2, 0.25) is 0 Å². The van der Waals surface area contributed by atoms with Crippen molar-refractivity contribution in [2.75, 3.05) is 0 Å². The Labute approximate surface area is 113 Å². The summed E-state index contributed by atoms with van der Waals surface area (Å²) in [6, 6.07) is 9.92. The van der Waals surface area contributed by atoms with Crippen molar-refractivity contribution in [3.05, 3.63) is 35.9 Å². The van der Waals surface area contributed by atoms with Gasteiger partial charge in [-0.05, 0) is 37.8 Å². The molecule has 2 fully saturated rings. The fourth-order valence-electron chi connectivity index (χ4n) is 3.19. The highest BCUT2D eigenvalue weighted by atomic mass is 16.3. The molecule has 2 saturated heterocycles. The Morgan fingerprint density at radius 3 is 2.42 bits per heavy atom. The smallest absolute Gasteiger partial charge is 0.299 e. The van der Waals surface area contributed by atoms with Crippen molar-refractivity contribution in [1.29, 1.82) is 0 Å². The molecule has 3 nitrogen and oxygen atoms in total. The Morgan fingerprint density at radius 2 is 1.79 bits per heavy atom. The summed E-state index contributed by atoms with van der Waals surface area (Å²) in [4.78, 5) is 14.1. The van der Waals surface area contributed by atoms with Crippen molar-refractivity contribution in [2.24, 2.45) is 0 Å². The van der Waals surface area contributed by atoms with Crippen molar-refractivity contribution in [3.8, 4) is 11.8 Å². The number of aliphatic hydroxyl groups excluding tert-OH is 1. The molecule has 98 valence electrons. The van der Waals surface area contributed by atoms with E-state index < -0.39 is 0 Å². The summed E-state index contributed by atoms with van der Waals surface area (Å²) in [5.41, 5.74) is 0.861. The molecule has 3 heteroatoms. The highest BCUT2D eigenvalue weighted by molar-refractivity contribution is 5.94. The number of piperidine rings is 1. The quantitative estimate of drug-likeness (QED) is 0.715. The second-order valence-corrected chi connectivity index (χ2v) is 5.34. The molecular weight excluding hydrogens is 238 g/mol. The standard InChI is InChI=1S/C16H17NO2/c18-15-10-13-7-8-14(11-15)17(13)16(19)9-6-12-4-2-1-3-5-12/h1-5,13-15,18H,7-8,10-11H2. The lowest BCUT2D eigenvalue weighted by Gasteiger charge is -2.35. The molecule has 2 aliphatic heterocycles. The highest BCUT2D eigenvalue weighted by Crippen LogP contribution is 2.35. The van der Waals surface area contributed by atoms with Gasteiger partial charge in [0.25, 0.3) is 5.91 Å². The zero-order valence-electron chi connectivity index (χ0n) is 10.7. The number of hydrogen-bond acceptors (Lipinski definition) is 2. The van der Waals surface area contributed by atoms with Gasteiger partial charge >= 0.3 is 0 Å². The summed E-state index contributed by atoms with van der Waals surface area (Å²) < 4.78 is 0. The fourth-order valence-corrected chi connectivity index (χ4v) is 3.19. The molecule has 0 saturated carbocycles. The van der Waals surface area contributed by atoms with Gasteiger partial charge in [-0.3, -0.25) is 4.79 Å². The number of amides is 1. The second-order valence-electron chi connectivity index (χ2n) is 5.34. The van der Waals surface area contributed by atoms with Crippen LogP contribution in [0.25, 0.3) is 0 Å². The van der Waals surface area contributed by atoms with Crippen molar-refractivity contribution in [2.45, 2.75) is 43.9 Å². The first-order valence-corrected chi connectivity index (χ1v) is 6.81. The molecule has 2 aliphatic rings.